The summed E-state index contributed by atoms with van der Waals surface area (Å²) in [7, 11) is 0. The number of nitrogens with one attached hydrogen (secondary N) is 1. The summed E-state index contributed by atoms with van der Waals surface area (Å²) >= 11 is 0. The Labute approximate surface area is 126 Å². The Bertz CT molecular complexity index is 494. The van der Waals surface area contributed by atoms with Gasteiger partial charge in [-0.25, -0.2) is 8.78 Å². The molecule has 0 spiro atoms. The summed E-state index contributed by atoms with van der Waals surface area (Å²) < 4.78 is 28.8. The lowest BCUT2D eigenvalue weighted by Crippen LogP contribution is -2.42. The molecule has 3 N–H and O–H groups in total. The van der Waals surface area contributed by atoms with Crippen LogP contribution in [-0.4, -0.2) is 0 Å². The van der Waals surface area contributed by atoms with E-state index in [0.717, 1.165) is 32.1 Å². The van der Waals surface area contributed by atoms with Crippen molar-refractivity contribution in [3.05, 3.63) is 34.9 Å². The zero-order chi connectivity index (χ0) is 15.6. The maximum absolute atomic E-state index is 14.5. The van der Waals surface area contributed by atoms with Crippen LogP contribution in [0.1, 0.15) is 63.1 Å². The lowest BCUT2D eigenvalue weighted by Gasteiger charge is -2.39. The largest absolute Gasteiger partial charge is 0.271 e. The highest BCUT2D eigenvalue weighted by molar-refractivity contribution is 5.31. The normalized spacial score (nSPS) is 19.2. The SMILES string of the molecule is Cc1ccc(F)c(C(NN)C2(CC(C)C)CCCC2)c1F. The van der Waals surface area contributed by atoms with Gasteiger partial charge in [0, 0.05) is 5.56 Å². The Balaban J connectivity index is 2.49. The highest BCUT2D eigenvalue weighted by atomic mass is 19.1. The molecule has 0 aliphatic heterocycles. The molecule has 0 bridgehead atoms. The van der Waals surface area contributed by atoms with E-state index in [4.69, 9.17) is 5.84 Å². The zero-order valence-electron chi connectivity index (χ0n) is 13.2. The number of hydrogen-bond acceptors (Lipinski definition) is 2. The number of rotatable bonds is 5. The molecule has 1 aromatic carbocycles. The molecule has 1 atom stereocenters. The van der Waals surface area contributed by atoms with E-state index in [1.54, 1.807) is 6.92 Å². The fraction of sp³-hybridized carbons (Fsp3) is 0.647. The van der Waals surface area contributed by atoms with Crippen molar-refractivity contribution >= 4 is 0 Å². The molecule has 1 aromatic rings. The molecule has 1 fully saturated rings. The topological polar surface area (TPSA) is 38.0 Å². The summed E-state index contributed by atoms with van der Waals surface area (Å²) in [5, 5.41) is 0. The van der Waals surface area contributed by atoms with E-state index in [2.05, 4.69) is 19.3 Å². The molecule has 4 heteroatoms. The maximum atomic E-state index is 14.5. The minimum atomic E-state index is -0.504. The van der Waals surface area contributed by atoms with E-state index >= 15 is 0 Å². The third-order valence-electron chi connectivity index (χ3n) is 4.80. The van der Waals surface area contributed by atoms with Crippen molar-refractivity contribution in [1.82, 2.24) is 5.43 Å². The molecule has 1 saturated carbocycles. The van der Waals surface area contributed by atoms with Crippen LogP contribution in [0.3, 0.4) is 0 Å². The molecule has 0 saturated heterocycles. The lowest BCUT2D eigenvalue weighted by molar-refractivity contribution is 0.149. The van der Waals surface area contributed by atoms with Crippen LogP contribution in [0, 0.1) is 29.9 Å². The molecule has 118 valence electrons. The van der Waals surface area contributed by atoms with E-state index in [1.807, 2.05) is 0 Å². The zero-order valence-corrected chi connectivity index (χ0v) is 13.2. The van der Waals surface area contributed by atoms with Gasteiger partial charge in [0.15, 0.2) is 0 Å². The summed E-state index contributed by atoms with van der Waals surface area (Å²) in [5.74, 6) is 5.25. The Kier molecular flexibility index (Phi) is 4.99. The van der Waals surface area contributed by atoms with E-state index < -0.39 is 17.7 Å². The molecule has 1 unspecified atom stereocenters. The number of nitrogens with two attached hydrogens (primary N) is 1. The maximum Gasteiger partial charge on any atom is 0.133 e. The highest BCUT2D eigenvalue weighted by Crippen LogP contribution is 2.52. The van der Waals surface area contributed by atoms with Crippen molar-refractivity contribution in [2.45, 2.75) is 58.9 Å². The van der Waals surface area contributed by atoms with Gasteiger partial charge in [0.1, 0.15) is 11.6 Å². The van der Waals surface area contributed by atoms with Gasteiger partial charge < -0.3 is 0 Å². The quantitative estimate of drug-likeness (QED) is 0.625. The van der Waals surface area contributed by atoms with Crippen molar-refractivity contribution in [2.24, 2.45) is 17.2 Å². The van der Waals surface area contributed by atoms with Gasteiger partial charge in [-0.2, -0.15) is 0 Å². The Hall–Kier alpha value is -1.00. The third kappa shape index (κ3) is 3.11. The first-order valence-corrected chi connectivity index (χ1v) is 7.82. The Morgan fingerprint density at radius 2 is 1.86 bits per heavy atom. The van der Waals surface area contributed by atoms with Crippen LogP contribution in [0.25, 0.3) is 0 Å². The molecule has 1 aliphatic rings. The van der Waals surface area contributed by atoms with Crippen LogP contribution in [-0.2, 0) is 0 Å². The summed E-state index contributed by atoms with van der Waals surface area (Å²) in [4.78, 5) is 0. The number of aryl methyl sites for hydroxylation is 1. The summed E-state index contributed by atoms with van der Waals surface area (Å²) in [5.41, 5.74) is 3.15. The summed E-state index contributed by atoms with van der Waals surface area (Å²) in [6, 6.07) is 2.35. The number of benzene rings is 1. The van der Waals surface area contributed by atoms with E-state index in [9.17, 15) is 8.78 Å². The third-order valence-corrected chi connectivity index (χ3v) is 4.80. The fourth-order valence-corrected chi connectivity index (χ4v) is 4.01. The molecule has 0 aromatic heterocycles. The molecule has 0 amide bonds. The standard InChI is InChI=1S/C17H26F2N2/c1-11(2)10-17(8-4-5-9-17)16(21-20)14-13(18)7-6-12(3)15(14)19/h6-7,11,16,21H,4-5,8-10,20H2,1-3H3. The van der Waals surface area contributed by atoms with Crippen molar-refractivity contribution in [3.63, 3.8) is 0 Å². The Morgan fingerprint density at radius 3 is 2.38 bits per heavy atom. The molecule has 2 rings (SSSR count). The molecular formula is C17H26F2N2. The van der Waals surface area contributed by atoms with Crippen LogP contribution in [0.5, 0.6) is 0 Å². The van der Waals surface area contributed by atoms with Crippen molar-refractivity contribution in [3.8, 4) is 0 Å². The highest BCUT2D eigenvalue weighted by Gasteiger charge is 2.44. The molecular weight excluding hydrogens is 270 g/mol. The Morgan fingerprint density at radius 1 is 1.24 bits per heavy atom. The van der Waals surface area contributed by atoms with Gasteiger partial charge in [0.25, 0.3) is 0 Å². The van der Waals surface area contributed by atoms with Crippen LogP contribution in [0.15, 0.2) is 12.1 Å². The van der Waals surface area contributed by atoms with Gasteiger partial charge >= 0.3 is 0 Å². The minimum absolute atomic E-state index is 0.111. The van der Waals surface area contributed by atoms with Gasteiger partial charge in [0.05, 0.1) is 6.04 Å². The minimum Gasteiger partial charge on any atom is -0.271 e. The number of hydrogen-bond donors (Lipinski definition) is 2. The van der Waals surface area contributed by atoms with Gasteiger partial charge in [-0.1, -0.05) is 32.8 Å². The molecule has 0 radical (unpaired) electrons. The summed E-state index contributed by atoms with van der Waals surface area (Å²) in [6.07, 6.45) is 5.05. The van der Waals surface area contributed by atoms with Gasteiger partial charge in [0.2, 0.25) is 0 Å². The molecule has 2 nitrogen and oxygen atoms in total. The second-order valence-electron chi connectivity index (χ2n) is 6.86. The predicted molar refractivity (Wildman–Crippen MR) is 81.5 cm³/mol. The first-order valence-electron chi connectivity index (χ1n) is 7.82. The molecule has 1 aliphatic carbocycles. The van der Waals surface area contributed by atoms with E-state index in [-0.39, 0.29) is 11.0 Å². The second kappa shape index (κ2) is 6.41. The van der Waals surface area contributed by atoms with Crippen LogP contribution >= 0.6 is 0 Å². The van der Waals surface area contributed by atoms with Crippen LogP contribution in [0.2, 0.25) is 0 Å². The van der Waals surface area contributed by atoms with Crippen molar-refractivity contribution in [1.29, 1.82) is 0 Å². The van der Waals surface area contributed by atoms with Crippen molar-refractivity contribution < 1.29 is 8.78 Å². The molecule has 0 heterocycles. The van der Waals surface area contributed by atoms with Gasteiger partial charge in [-0.3, -0.25) is 11.3 Å². The van der Waals surface area contributed by atoms with E-state index in [0.29, 0.717) is 11.5 Å². The van der Waals surface area contributed by atoms with Gasteiger partial charge in [-0.15, -0.1) is 0 Å². The summed E-state index contributed by atoms with van der Waals surface area (Å²) in [6.45, 7) is 5.96. The predicted octanol–water partition coefficient (Wildman–Crippen LogP) is 4.38. The average Bonchev–Trinajstić information content (AvgIpc) is 2.87. The monoisotopic (exact) mass is 296 g/mol. The lowest BCUT2D eigenvalue weighted by atomic mass is 9.70. The number of hydrazine groups is 1. The van der Waals surface area contributed by atoms with E-state index in [1.165, 1.54) is 12.1 Å². The first-order chi connectivity index (χ1) is 9.91. The van der Waals surface area contributed by atoms with Gasteiger partial charge in [-0.05, 0) is 49.1 Å². The second-order valence-corrected chi connectivity index (χ2v) is 6.86. The molecule has 21 heavy (non-hydrogen) atoms. The fourth-order valence-electron chi connectivity index (χ4n) is 4.01. The average molecular weight is 296 g/mol. The van der Waals surface area contributed by atoms with Crippen molar-refractivity contribution in [2.75, 3.05) is 0 Å². The smallest absolute Gasteiger partial charge is 0.133 e. The number of halogens is 2. The van der Waals surface area contributed by atoms with Crippen LogP contribution in [0.4, 0.5) is 8.78 Å². The first kappa shape index (κ1) is 16.4. The van der Waals surface area contributed by atoms with Crippen LogP contribution < -0.4 is 11.3 Å².